The van der Waals surface area contributed by atoms with Crippen molar-refractivity contribution in [2.24, 2.45) is 0 Å². The summed E-state index contributed by atoms with van der Waals surface area (Å²) in [5.74, 6) is 0.639. The van der Waals surface area contributed by atoms with Gasteiger partial charge in [-0.1, -0.05) is 0 Å². The van der Waals surface area contributed by atoms with Crippen LogP contribution in [0.3, 0.4) is 0 Å². The Morgan fingerprint density at radius 1 is 1.38 bits per heavy atom. The number of ether oxygens (including phenoxy) is 1. The molecule has 0 spiro atoms. The number of methoxy groups -OCH3 is 1. The van der Waals surface area contributed by atoms with E-state index in [9.17, 15) is 4.79 Å². The van der Waals surface area contributed by atoms with Crippen LogP contribution >= 0.6 is 0 Å². The highest BCUT2D eigenvalue weighted by molar-refractivity contribution is 5.86. The Kier molecular flexibility index (Phi) is 2.59. The zero-order valence-electron chi connectivity index (χ0n) is 8.64. The van der Waals surface area contributed by atoms with E-state index in [1.54, 1.807) is 30.5 Å². The Morgan fingerprint density at radius 3 is 2.81 bits per heavy atom. The Hall–Kier alpha value is -2.30. The monoisotopic (exact) mass is 218 g/mol. The topological polar surface area (TPSA) is 78.4 Å². The molecule has 0 aliphatic rings. The average molecular weight is 218 g/mol. The van der Waals surface area contributed by atoms with Gasteiger partial charge in [-0.2, -0.15) is 0 Å². The molecule has 2 aromatic rings. The van der Waals surface area contributed by atoms with Crippen molar-refractivity contribution in [3.05, 3.63) is 36.2 Å². The van der Waals surface area contributed by atoms with Gasteiger partial charge in [-0.05, 0) is 24.3 Å². The molecule has 0 bridgehead atoms. The minimum atomic E-state index is -0.505. The van der Waals surface area contributed by atoms with Crippen LogP contribution in [0.15, 0.2) is 34.9 Å². The maximum absolute atomic E-state index is 11.2. The minimum Gasteiger partial charge on any atom is -0.463 e. The summed E-state index contributed by atoms with van der Waals surface area (Å²) in [5, 5.41) is 0. The van der Waals surface area contributed by atoms with Crippen molar-refractivity contribution in [1.82, 2.24) is 4.98 Å². The molecule has 0 aliphatic heterocycles. The lowest BCUT2D eigenvalue weighted by atomic mass is 10.2. The quantitative estimate of drug-likeness (QED) is 0.776. The molecule has 0 unspecified atom stereocenters. The molecule has 16 heavy (non-hydrogen) atoms. The van der Waals surface area contributed by atoms with E-state index in [-0.39, 0.29) is 5.76 Å². The predicted molar refractivity (Wildman–Crippen MR) is 57.7 cm³/mol. The fraction of sp³-hybridized carbons (Fsp3) is 0.0909. The van der Waals surface area contributed by atoms with E-state index in [0.717, 1.165) is 5.56 Å². The first-order valence-corrected chi connectivity index (χ1v) is 4.61. The lowest BCUT2D eigenvalue weighted by Crippen LogP contribution is -1.98. The van der Waals surface area contributed by atoms with E-state index >= 15 is 0 Å². The lowest BCUT2D eigenvalue weighted by Gasteiger charge is -1.97. The number of hydrogen-bond acceptors (Lipinski definition) is 5. The first-order valence-electron chi connectivity index (χ1n) is 4.61. The van der Waals surface area contributed by atoms with Crippen LogP contribution < -0.4 is 5.73 Å². The van der Waals surface area contributed by atoms with Crippen molar-refractivity contribution in [1.29, 1.82) is 0 Å². The van der Waals surface area contributed by atoms with E-state index in [2.05, 4.69) is 9.72 Å². The third-order valence-corrected chi connectivity index (χ3v) is 2.06. The Bertz CT molecular complexity index is 502. The van der Waals surface area contributed by atoms with Gasteiger partial charge in [-0.25, -0.2) is 9.78 Å². The number of nitrogens with two attached hydrogens (primary N) is 1. The van der Waals surface area contributed by atoms with Crippen molar-refractivity contribution in [2.45, 2.75) is 0 Å². The first kappa shape index (κ1) is 10.2. The average Bonchev–Trinajstić information content (AvgIpc) is 2.78. The number of carbonyl (C=O) groups is 1. The van der Waals surface area contributed by atoms with Crippen LogP contribution in [0.5, 0.6) is 0 Å². The van der Waals surface area contributed by atoms with Gasteiger partial charge in [0, 0.05) is 11.8 Å². The van der Waals surface area contributed by atoms with E-state index in [0.29, 0.717) is 11.6 Å². The summed E-state index contributed by atoms with van der Waals surface area (Å²) in [6, 6.07) is 6.66. The molecule has 0 saturated heterocycles. The summed E-state index contributed by atoms with van der Waals surface area (Å²) in [6.07, 6.45) is 1.58. The molecular formula is C11H10N2O3. The zero-order valence-corrected chi connectivity index (χ0v) is 8.64. The van der Waals surface area contributed by atoms with Gasteiger partial charge in [0.25, 0.3) is 0 Å². The molecule has 5 heteroatoms. The van der Waals surface area contributed by atoms with Crippen LogP contribution in [0.25, 0.3) is 11.3 Å². The highest BCUT2D eigenvalue weighted by atomic mass is 16.5. The van der Waals surface area contributed by atoms with Crippen molar-refractivity contribution >= 4 is 11.8 Å². The first-order chi connectivity index (χ1) is 7.70. The number of aromatic nitrogens is 1. The van der Waals surface area contributed by atoms with E-state index in [4.69, 9.17) is 10.2 Å². The van der Waals surface area contributed by atoms with Crippen LogP contribution in [-0.4, -0.2) is 18.1 Å². The molecule has 5 nitrogen and oxygen atoms in total. The van der Waals surface area contributed by atoms with Crippen molar-refractivity contribution < 1.29 is 13.9 Å². The van der Waals surface area contributed by atoms with Crippen molar-refractivity contribution in [3.8, 4) is 11.3 Å². The van der Waals surface area contributed by atoms with Crippen LogP contribution in [0, 0.1) is 0 Å². The number of rotatable bonds is 2. The van der Waals surface area contributed by atoms with Gasteiger partial charge >= 0.3 is 5.97 Å². The Morgan fingerprint density at radius 2 is 2.19 bits per heavy atom. The second kappa shape index (κ2) is 4.06. The minimum absolute atomic E-state index is 0.161. The smallest absolute Gasteiger partial charge is 0.373 e. The summed E-state index contributed by atoms with van der Waals surface area (Å²) < 4.78 is 9.84. The lowest BCUT2D eigenvalue weighted by molar-refractivity contribution is 0.0566. The molecule has 82 valence electrons. The third-order valence-electron chi connectivity index (χ3n) is 2.06. The fourth-order valence-corrected chi connectivity index (χ4v) is 1.25. The summed E-state index contributed by atoms with van der Waals surface area (Å²) in [4.78, 5) is 15.1. The number of furan rings is 1. The normalized spacial score (nSPS) is 10.1. The summed E-state index contributed by atoms with van der Waals surface area (Å²) >= 11 is 0. The Balaban J connectivity index is 2.31. The van der Waals surface area contributed by atoms with Gasteiger partial charge in [-0.3, -0.25) is 0 Å². The molecule has 0 radical (unpaired) electrons. The number of anilines is 1. The van der Waals surface area contributed by atoms with Gasteiger partial charge in [0.05, 0.1) is 7.11 Å². The fourth-order valence-electron chi connectivity index (χ4n) is 1.25. The second-order valence-electron chi connectivity index (χ2n) is 3.13. The number of carbonyl (C=O) groups excluding carboxylic acids is 1. The number of esters is 1. The molecule has 0 atom stereocenters. The second-order valence-corrected chi connectivity index (χ2v) is 3.13. The number of pyridine rings is 1. The van der Waals surface area contributed by atoms with Crippen LogP contribution in [0.1, 0.15) is 10.6 Å². The predicted octanol–water partition coefficient (Wildman–Crippen LogP) is 1.71. The van der Waals surface area contributed by atoms with Gasteiger partial charge in [0.1, 0.15) is 11.6 Å². The summed E-state index contributed by atoms with van der Waals surface area (Å²) in [7, 11) is 1.30. The van der Waals surface area contributed by atoms with Crippen LogP contribution in [0.2, 0.25) is 0 Å². The van der Waals surface area contributed by atoms with Gasteiger partial charge in [0.15, 0.2) is 0 Å². The third kappa shape index (κ3) is 1.88. The molecule has 0 aromatic carbocycles. The number of nitrogens with zero attached hydrogens (tertiary/aromatic N) is 1. The molecule has 2 heterocycles. The molecule has 0 fully saturated rings. The largest absolute Gasteiger partial charge is 0.463 e. The van der Waals surface area contributed by atoms with Gasteiger partial charge < -0.3 is 14.9 Å². The molecule has 0 aliphatic carbocycles. The maximum Gasteiger partial charge on any atom is 0.373 e. The molecule has 0 saturated carbocycles. The number of nitrogen functional groups attached to an aromatic ring is 1. The zero-order chi connectivity index (χ0) is 11.5. The molecular weight excluding hydrogens is 208 g/mol. The van der Waals surface area contributed by atoms with E-state index < -0.39 is 5.97 Å². The molecule has 2 rings (SSSR count). The highest BCUT2D eigenvalue weighted by Crippen LogP contribution is 2.22. The molecule has 2 aromatic heterocycles. The van der Waals surface area contributed by atoms with Gasteiger partial charge in [0.2, 0.25) is 5.76 Å². The van der Waals surface area contributed by atoms with E-state index in [1.165, 1.54) is 7.11 Å². The Labute approximate surface area is 91.8 Å². The van der Waals surface area contributed by atoms with E-state index in [1.807, 2.05) is 0 Å². The van der Waals surface area contributed by atoms with Crippen molar-refractivity contribution in [3.63, 3.8) is 0 Å². The van der Waals surface area contributed by atoms with Crippen LogP contribution in [0.4, 0.5) is 5.82 Å². The molecule has 2 N–H and O–H groups in total. The molecule has 0 amide bonds. The standard InChI is InChI=1S/C11H10N2O3/c1-15-11(14)9-4-3-8(16-9)7-2-5-10(12)13-6-7/h2-6H,1H3,(H2,12,13). The summed E-state index contributed by atoms with van der Waals surface area (Å²) in [6.45, 7) is 0. The number of hydrogen-bond donors (Lipinski definition) is 1. The van der Waals surface area contributed by atoms with Crippen molar-refractivity contribution in [2.75, 3.05) is 12.8 Å². The maximum atomic E-state index is 11.2. The van der Waals surface area contributed by atoms with Gasteiger partial charge in [-0.15, -0.1) is 0 Å². The van der Waals surface area contributed by atoms with Crippen LogP contribution in [-0.2, 0) is 4.74 Å². The highest BCUT2D eigenvalue weighted by Gasteiger charge is 2.11. The summed E-state index contributed by atoms with van der Waals surface area (Å²) in [5.41, 5.74) is 6.22. The SMILES string of the molecule is COC(=O)c1ccc(-c2ccc(N)nc2)o1.